The van der Waals surface area contributed by atoms with Gasteiger partial charge in [-0.1, -0.05) is 19.9 Å². The van der Waals surface area contributed by atoms with E-state index in [9.17, 15) is 66.1 Å². The van der Waals surface area contributed by atoms with E-state index < -0.39 is 143 Å². The molecule has 4 saturated heterocycles. The molecular formula is C44H70O21. The molecule has 0 aromatic carbocycles. The molecule has 372 valence electrons. The SMILES string of the molecule is CC(=O)C1=CC[C@@H]2[C@@H]3CC[C@H]4C[C@@H](O[C@@H]5O[C@H](CO)[C@H](O[C@@H]6O[C@H](CO)[C@@H](O)[C@H](O[C@@H]7OC[C@@H](O)[C@H](O)[C@H]7O)[C@H]6O[C@@H]6O[C@H](CO)[C@@H](O)[C@H](O)[C@H]6O)[C@H](O)[C@H]5O)CC[C@]4(C)[C@H]3CC[C@]12C. The number of ketones is 1. The summed E-state index contributed by atoms with van der Waals surface area (Å²) in [6.07, 6.45) is -23.9. The second-order valence-corrected chi connectivity index (χ2v) is 20.2. The van der Waals surface area contributed by atoms with Gasteiger partial charge in [0.1, 0.15) is 91.6 Å². The molecule has 4 heterocycles. The number of aliphatic hydroxyl groups excluding tert-OH is 12. The van der Waals surface area contributed by atoms with Gasteiger partial charge in [0.05, 0.1) is 32.5 Å². The maximum atomic E-state index is 12.6. The van der Waals surface area contributed by atoms with Crippen LogP contribution in [0.2, 0.25) is 0 Å². The molecule has 21 nitrogen and oxygen atoms in total. The van der Waals surface area contributed by atoms with Crippen molar-refractivity contribution in [1.29, 1.82) is 0 Å². The molecule has 0 aromatic heterocycles. The average Bonchev–Trinajstić information content (AvgIpc) is 3.65. The van der Waals surface area contributed by atoms with Crippen molar-refractivity contribution in [3.05, 3.63) is 11.6 Å². The van der Waals surface area contributed by atoms with Gasteiger partial charge in [-0.3, -0.25) is 4.79 Å². The second kappa shape index (κ2) is 19.8. The van der Waals surface area contributed by atoms with Crippen molar-refractivity contribution in [2.24, 2.45) is 34.5 Å². The summed E-state index contributed by atoms with van der Waals surface area (Å²) in [6, 6.07) is 0. The zero-order valence-corrected chi connectivity index (χ0v) is 37.0. The largest absolute Gasteiger partial charge is 0.394 e. The number of fused-ring (bicyclic) bond motifs is 5. The predicted octanol–water partition coefficient (Wildman–Crippen LogP) is -3.55. The summed E-state index contributed by atoms with van der Waals surface area (Å²) in [5, 5.41) is 128. The van der Waals surface area contributed by atoms with E-state index in [4.69, 9.17) is 37.9 Å². The highest BCUT2D eigenvalue weighted by Gasteiger charge is 2.61. The van der Waals surface area contributed by atoms with E-state index in [0.717, 1.165) is 44.1 Å². The Balaban J connectivity index is 0.972. The molecule has 0 aromatic rings. The molecule has 4 aliphatic carbocycles. The van der Waals surface area contributed by atoms with Gasteiger partial charge < -0.3 is 99.2 Å². The highest BCUT2D eigenvalue weighted by molar-refractivity contribution is 5.95. The Bertz CT molecular complexity index is 1670. The van der Waals surface area contributed by atoms with Crippen molar-refractivity contribution >= 4 is 5.78 Å². The van der Waals surface area contributed by atoms with Crippen molar-refractivity contribution in [2.75, 3.05) is 26.4 Å². The van der Waals surface area contributed by atoms with Gasteiger partial charge in [-0.2, -0.15) is 0 Å². The van der Waals surface area contributed by atoms with Crippen molar-refractivity contribution in [3.63, 3.8) is 0 Å². The first kappa shape index (κ1) is 50.0. The Kier molecular flexibility index (Phi) is 15.2. The molecule has 0 amide bonds. The maximum absolute atomic E-state index is 12.6. The van der Waals surface area contributed by atoms with Crippen LogP contribution in [0.15, 0.2) is 11.6 Å². The van der Waals surface area contributed by atoms with Crippen LogP contribution < -0.4 is 0 Å². The first-order valence-electron chi connectivity index (χ1n) is 23.2. The fourth-order valence-corrected chi connectivity index (χ4v) is 13.0. The van der Waals surface area contributed by atoms with Crippen LogP contribution in [0.3, 0.4) is 0 Å². The smallest absolute Gasteiger partial charge is 0.187 e. The number of hydrogen-bond donors (Lipinski definition) is 12. The summed E-state index contributed by atoms with van der Waals surface area (Å²) in [5.41, 5.74) is 0.957. The maximum Gasteiger partial charge on any atom is 0.187 e. The van der Waals surface area contributed by atoms with Gasteiger partial charge in [-0.15, -0.1) is 0 Å². The number of allylic oxidation sites excluding steroid dienone is 2. The Morgan fingerprint density at radius 1 is 0.615 bits per heavy atom. The van der Waals surface area contributed by atoms with Crippen molar-refractivity contribution < 1.29 is 104 Å². The fraction of sp³-hybridized carbons (Fsp3) is 0.932. The summed E-state index contributed by atoms with van der Waals surface area (Å²) in [7, 11) is 0. The van der Waals surface area contributed by atoms with Crippen LogP contribution in [0.1, 0.15) is 72.1 Å². The number of hydrogen-bond acceptors (Lipinski definition) is 21. The van der Waals surface area contributed by atoms with Crippen LogP contribution >= 0.6 is 0 Å². The van der Waals surface area contributed by atoms with E-state index in [2.05, 4.69) is 19.9 Å². The molecule has 7 fully saturated rings. The van der Waals surface area contributed by atoms with Gasteiger partial charge in [0.2, 0.25) is 0 Å². The molecular weight excluding hydrogens is 864 g/mol. The molecule has 65 heavy (non-hydrogen) atoms. The van der Waals surface area contributed by atoms with Gasteiger partial charge in [0.25, 0.3) is 0 Å². The summed E-state index contributed by atoms with van der Waals surface area (Å²) < 4.78 is 47.5. The third kappa shape index (κ3) is 9.03. The molecule has 12 N–H and O–H groups in total. The van der Waals surface area contributed by atoms with Gasteiger partial charge >= 0.3 is 0 Å². The van der Waals surface area contributed by atoms with E-state index in [1.165, 1.54) is 0 Å². The molecule has 8 aliphatic rings. The van der Waals surface area contributed by atoms with Crippen LogP contribution in [0.5, 0.6) is 0 Å². The third-order valence-corrected chi connectivity index (χ3v) is 16.7. The lowest BCUT2D eigenvalue weighted by atomic mass is 9.44. The Morgan fingerprint density at radius 2 is 1.22 bits per heavy atom. The van der Waals surface area contributed by atoms with E-state index in [-0.39, 0.29) is 22.7 Å². The lowest BCUT2D eigenvalue weighted by molar-refractivity contribution is -0.404. The predicted molar refractivity (Wildman–Crippen MR) is 216 cm³/mol. The monoisotopic (exact) mass is 934 g/mol. The summed E-state index contributed by atoms with van der Waals surface area (Å²) in [6.45, 7) is 3.32. The van der Waals surface area contributed by atoms with E-state index >= 15 is 0 Å². The van der Waals surface area contributed by atoms with Gasteiger partial charge in [0, 0.05) is 0 Å². The van der Waals surface area contributed by atoms with E-state index in [1.807, 2.05) is 0 Å². The molecule has 3 saturated carbocycles. The molecule has 26 atom stereocenters. The summed E-state index contributed by atoms with van der Waals surface area (Å²) in [4.78, 5) is 12.6. The lowest BCUT2D eigenvalue weighted by Crippen LogP contribution is -2.68. The minimum absolute atomic E-state index is 0.0548. The molecule has 0 spiro atoms. The third-order valence-electron chi connectivity index (χ3n) is 16.7. The zero-order valence-electron chi connectivity index (χ0n) is 37.0. The van der Waals surface area contributed by atoms with Crippen molar-refractivity contribution in [1.82, 2.24) is 0 Å². The van der Waals surface area contributed by atoms with Gasteiger partial charge in [-0.25, -0.2) is 0 Å². The van der Waals surface area contributed by atoms with Gasteiger partial charge in [-0.05, 0) is 98.4 Å². The van der Waals surface area contributed by atoms with Crippen LogP contribution in [0.4, 0.5) is 0 Å². The Hall–Kier alpha value is -1.39. The van der Waals surface area contributed by atoms with Gasteiger partial charge in [0.15, 0.2) is 30.9 Å². The molecule has 0 unspecified atom stereocenters. The molecule has 0 radical (unpaired) electrons. The molecule has 8 rings (SSSR count). The highest BCUT2D eigenvalue weighted by atomic mass is 16.8. The number of ether oxygens (including phenoxy) is 8. The first-order chi connectivity index (χ1) is 30.9. The molecule has 21 heteroatoms. The highest BCUT2D eigenvalue weighted by Crippen LogP contribution is 2.66. The fourth-order valence-electron chi connectivity index (χ4n) is 13.0. The zero-order chi connectivity index (χ0) is 46.9. The number of carbonyl (C=O) groups is 1. The second-order valence-electron chi connectivity index (χ2n) is 20.2. The standard InChI is InChI=1S/C44H70O21/c1-17(48)21-6-7-22-20-5-4-18-12-19(8-10-43(18,2)23(20)9-11-44(21,22)3)59-40-35(57)32(54)36(27(15-47)62-40)63-42-38(65-41-34(56)31(53)29(51)25(13-45)60-41)37(30(52)26(14-46)61-42)64-39-33(55)28(50)24(49)16-58-39/h6,18-20,22-42,45-47,49-57H,4-5,7-16H2,1-3H3/t18-,19-,20-,22+,23-,24+,25+,26+,27+,28-,29+,30+,31-,32+,33+,34+,35+,36-,37-,38+,39-,40+,41-,42-,43-,44+/m0/s1. The summed E-state index contributed by atoms with van der Waals surface area (Å²) >= 11 is 0. The Morgan fingerprint density at radius 3 is 1.91 bits per heavy atom. The van der Waals surface area contributed by atoms with Crippen molar-refractivity contribution in [2.45, 2.75) is 195 Å². The van der Waals surface area contributed by atoms with Crippen LogP contribution in [0, 0.1) is 34.5 Å². The normalized spacial score (nSPS) is 53.7. The molecule has 0 bridgehead atoms. The Labute approximate surface area is 376 Å². The lowest BCUT2D eigenvalue weighted by Gasteiger charge is -2.61. The first-order valence-corrected chi connectivity index (χ1v) is 23.2. The van der Waals surface area contributed by atoms with Crippen LogP contribution in [-0.4, -0.2) is 216 Å². The van der Waals surface area contributed by atoms with Crippen molar-refractivity contribution in [3.8, 4) is 0 Å². The van der Waals surface area contributed by atoms with Crippen LogP contribution in [0.25, 0.3) is 0 Å². The quantitative estimate of drug-likeness (QED) is 0.0843. The van der Waals surface area contributed by atoms with E-state index in [0.29, 0.717) is 36.5 Å². The minimum atomic E-state index is -2.00. The number of Topliss-reactive ketones (excluding diaryl/α,β-unsaturated/α-hetero) is 1. The average molecular weight is 935 g/mol. The summed E-state index contributed by atoms with van der Waals surface area (Å²) in [5.74, 6) is 1.96. The number of rotatable bonds is 12. The topological polar surface area (TPSA) is 334 Å². The van der Waals surface area contributed by atoms with E-state index in [1.54, 1.807) is 6.92 Å². The number of aliphatic hydroxyl groups is 12. The van der Waals surface area contributed by atoms with Crippen LogP contribution in [-0.2, 0) is 42.7 Å². The molecule has 4 aliphatic heterocycles. The minimum Gasteiger partial charge on any atom is -0.394 e. The number of carbonyl (C=O) groups excluding carboxylic acids is 1.